The lowest BCUT2D eigenvalue weighted by molar-refractivity contribution is -0.142. The van der Waals surface area contributed by atoms with E-state index in [9.17, 15) is 19.2 Å². The fourth-order valence-corrected chi connectivity index (χ4v) is 2.31. The monoisotopic (exact) mass is 403 g/mol. The van der Waals surface area contributed by atoms with E-state index in [-0.39, 0.29) is 5.92 Å². The molecule has 28 heavy (non-hydrogen) atoms. The highest BCUT2D eigenvalue weighted by atomic mass is 16.4. The van der Waals surface area contributed by atoms with Crippen LogP contribution in [0.1, 0.15) is 39.5 Å². The summed E-state index contributed by atoms with van der Waals surface area (Å²) in [6, 6.07) is -3.12. The van der Waals surface area contributed by atoms with Crippen molar-refractivity contribution in [1.82, 2.24) is 16.0 Å². The van der Waals surface area contributed by atoms with Gasteiger partial charge in [0.2, 0.25) is 17.7 Å². The molecule has 4 atom stereocenters. The first kappa shape index (κ1) is 25.8. The lowest BCUT2D eigenvalue weighted by Gasteiger charge is -2.25. The lowest BCUT2D eigenvalue weighted by Crippen LogP contribution is -2.55. The standard InChI is InChI=1S/C17H33N5O6/c1-3-10(2)14(22-15(25)11(19)6-4-5-7-18)16(26)20-8-13(24)21-12(9-23)17(27)28/h10-12,14,23H,3-9,18-19H2,1-2H3,(H,20,26)(H,21,24)(H,22,25)(H,27,28). The molecule has 0 radical (unpaired) electrons. The van der Waals surface area contributed by atoms with Crippen LogP contribution >= 0.6 is 0 Å². The van der Waals surface area contributed by atoms with Crippen LogP contribution in [-0.4, -0.2) is 71.7 Å². The molecule has 3 amide bonds. The van der Waals surface area contributed by atoms with Gasteiger partial charge in [-0.05, 0) is 25.3 Å². The number of amides is 3. The minimum Gasteiger partial charge on any atom is -0.480 e. The van der Waals surface area contributed by atoms with Crippen LogP contribution in [0.15, 0.2) is 0 Å². The van der Waals surface area contributed by atoms with Gasteiger partial charge >= 0.3 is 5.97 Å². The zero-order chi connectivity index (χ0) is 21.7. The van der Waals surface area contributed by atoms with Crippen molar-refractivity contribution in [3.05, 3.63) is 0 Å². The average Bonchev–Trinajstić information content (AvgIpc) is 2.67. The number of carboxylic acid groups (broad SMARTS) is 1. The van der Waals surface area contributed by atoms with E-state index in [1.807, 2.05) is 6.92 Å². The van der Waals surface area contributed by atoms with E-state index in [2.05, 4.69) is 16.0 Å². The van der Waals surface area contributed by atoms with Gasteiger partial charge in [-0.25, -0.2) is 4.79 Å². The maximum absolute atomic E-state index is 12.4. The first-order valence-corrected chi connectivity index (χ1v) is 9.34. The summed E-state index contributed by atoms with van der Waals surface area (Å²) in [6.07, 6.45) is 2.48. The van der Waals surface area contributed by atoms with Crippen molar-refractivity contribution in [2.75, 3.05) is 19.7 Å². The second-order valence-electron chi connectivity index (χ2n) is 6.62. The molecule has 0 rings (SSSR count). The number of hydrogen-bond donors (Lipinski definition) is 7. The summed E-state index contributed by atoms with van der Waals surface area (Å²) in [5.74, 6) is -3.43. The van der Waals surface area contributed by atoms with Gasteiger partial charge < -0.3 is 37.6 Å². The van der Waals surface area contributed by atoms with E-state index in [0.29, 0.717) is 25.8 Å². The first-order valence-electron chi connectivity index (χ1n) is 9.34. The van der Waals surface area contributed by atoms with Gasteiger partial charge in [-0.3, -0.25) is 14.4 Å². The maximum atomic E-state index is 12.4. The normalized spacial score (nSPS) is 15.0. The van der Waals surface area contributed by atoms with Crippen molar-refractivity contribution in [3.63, 3.8) is 0 Å². The van der Waals surface area contributed by atoms with Crippen LogP contribution in [0.3, 0.4) is 0 Å². The zero-order valence-electron chi connectivity index (χ0n) is 16.4. The van der Waals surface area contributed by atoms with Gasteiger partial charge in [-0.2, -0.15) is 0 Å². The van der Waals surface area contributed by atoms with Crippen molar-refractivity contribution < 1.29 is 29.4 Å². The molecular formula is C17H33N5O6. The molecule has 0 aromatic rings. The largest absolute Gasteiger partial charge is 0.480 e. The quantitative estimate of drug-likeness (QED) is 0.156. The van der Waals surface area contributed by atoms with Crippen molar-refractivity contribution in [3.8, 4) is 0 Å². The molecule has 162 valence electrons. The van der Waals surface area contributed by atoms with E-state index in [1.54, 1.807) is 6.92 Å². The van der Waals surface area contributed by atoms with Gasteiger partial charge in [-0.1, -0.05) is 26.7 Å². The molecule has 11 nitrogen and oxygen atoms in total. The van der Waals surface area contributed by atoms with Gasteiger partial charge in [0.1, 0.15) is 12.1 Å². The van der Waals surface area contributed by atoms with E-state index in [1.165, 1.54) is 0 Å². The van der Waals surface area contributed by atoms with Crippen LogP contribution in [0.4, 0.5) is 0 Å². The molecule has 0 saturated heterocycles. The third kappa shape index (κ3) is 9.62. The Morgan fingerprint density at radius 2 is 1.71 bits per heavy atom. The van der Waals surface area contributed by atoms with Crippen molar-refractivity contribution in [1.29, 1.82) is 0 Å². The number of unbranched alkanes of at least 4 members (excludes halogenated alkanes) is 1. The van der Waals surface area contributed by atoms with Crippen LogP contribution in [0.25, 0.3) is 0 Å². The van der Waals surface area contributed by atoms with Crippen molar-refractivity contribution in [2.24, 2.45) is 17.4 Å². The average molecular weight is 403 g/mol. The minimum absolute atomic E-state index is 0.215. The highest BCUT2D eigenvalue weighted by molar-refractivity contribution is 5.92. The summed E-state index contributed by atoms with van der Waals surface area (Å²) >= 11 is 0. The van der Waals surface area contributed by atoms with Crippen LogP contribution in [0, 0.1) is 5.92 Å². The Morgan fingerprint density at radius 1 is 1.07 bits per heavy atom. The lowest BCUT2D eigenvalue weighted by atomic mass is 9.97. The molecule has 0 aliphatic carbocycles. The number of carbonyl (C=O) groups excluding carboxylic acids is 3. The van der Waals surface area contributed by atoms with Crippen LogP contribution in [-0.2, 0) is 19.2 Å². The maximum Gasteiger partial charge on any atom is 0.328 e. The molecule has 0 aliphatic rings. The Hall–Kier alpha value is -2.24. The van der Waals surface area contributed by atoms with Crippen LogP contribution < -0.4 is 27.4 Å². The molecule has 0 spiro atoms. The number of nitrogens with two attached hydrogens (primary N) is 2. The molecule has 0 saturated carbocycles. The van der Waals surface area contributed by atoms with E-state index in [0.717, 1.165) is 6.42 Å². The smallest absolute Gasteiger partial charge is 0.328 e. The predicted molar refractivity (Wildman–Crippen MR) is 102 cm³/mol. The van der Waals surface area contributed by atoms with Gasteiger partial charge in [0, 0.05) is 0 Å². The Balaban J connectivity index is 4.75. The number of aliphatic carboxylic acids is 1. The molecule has 0 aromatic heterocycles. The summed E-state index contributed by atoms with van der Waals surface area (Å²) in [4.78, 5) is 47.2. The fraction of sp³-hybridized carbons (Fsp3) is 0.765. The third-order valence-electron chi connectivity index (χ3n) is 4.34. The van der Waals surface area contributed by atoms with E-state index >= 15 is 0 Å². The summed E-state index contributed by atoms with van der Waals surface area (Å²) in [7, 11) is 0. The third-order valence-corrected chi connectivity index (χ3v) is 4.34. The second-order valence-corrected chi connectivity index (χ2v) is 6.62. The highest BCUT2D eigenvalue weighted by Crippen LogP contribution is 2.09. The highest BCUT2D eigenvalue weighted by Gasteiger charge is 2.28. The Morgan fingerprint density at radius 3 is 2.21 bits per heavy atom. The summed E-state index contributed by atoms with van der Waals surface area (Å²) in [6.45, 7) is 2.87. The van der Waals surface area contributed by atoms with Crippen molar-refractivity contribution in [2.45, 2.75) is 57.7 Å². The minimum atomic E-state index is -1.46. The molecule has 11 heteroatoms. The molecule has 0 bridgehead atoms. The number of aliphatic hydroxyl groups is 1. The SMILES string of the molecule is CCC(C)C(NC(=O)C(N)CCCCN)C(=O)NCC(=O)NC(CO)C(=O)O. The van der Waals surface area contributed by atoms with Gasteiger partial charge in [0.15, 0.2) is 0 Å². The van der Waals surface area contributed by atoms with E-state index in [4.69, 9.17) is 21.7 Å². The number of aliphatic hydroxyl groups excluding tert-OH is 1. The molecule has 0 aromatic carbocycles. The zero-order valence-corrected chi connectivity index (χ0v) is 16.4. The number of hydrogen-bond acceptors (Lipinski definition) is 7. The fourth-order valence-electron chi connectivity index (χ4n) is 2.31. The van der Waals surface area contributed by atoms with Gasteiger partial charge in [0.05, 0.1) is 19.2 Å². The summed E-state index contributed by atoms with van der Waals surface area (Å²) in [5, 5.41) is 24.7. The Bertz CT molecular complexity index is 530. The molecular weight excluding hydrogens is 370 g/mol. The summed E-state index contributed by atoms with van der Waals surface area (Å²) in [5.41, 5.74) is 11.2. The first-order chi connectivity index (χ1) is 13.2. The van der Waals surface area contributed by atoms with Crippen LogP contribution in [0.5, 0.6) is 0 Å². The Labute approximate surface area is 164 Å². The topological polar surface area (TPSA) is 197 Å². The van der Waals surface area contributed by atoms with E-state index < -0.39 is 55.0 Å². The molecule has 9 N–H and O–H groups in total. The molecule has 0 aliphatic heterocycles. The second kappa shape index (κ2) is 13.9. The van der Waals surface area contributed by atoms with Crippen molar-refractivity contribution >= 4 is 23.7 Å². The van der Waals surface area contributed by atoms with Gasteiger partial charge in [0.25, 0.3) is 0 Å². The molecule has 0 heterocycles. The Kier molecular flexibility index (Phi) is 12.7. The van der Waals surface area contributed by atoms with Crippen LogP contribution in [0.2, 0.25) is 0 Å². The number of nitrogens with one attached hydrogen (secondary N) is 3. The summed E-state index contributed by atoms with van der Waals surface area (Å²) < 4.78 is 0. The number of rotatable bonds is 14. The van der Waals surface area contributed by atoms with Gasteiger partial charge in [-0.15, -0.1) is 0 Å². The molecule has 4 unspecified atom stereocenters. The predicted octanol–water partition coefficient (Wildman–Crippen LogP) is -2.35. The number of carbonyl (C=O) groups is 4. The molecule has 0 fully saturated rings. The number of carboxylic acids is 1.